The average molecular weight is 368 g/mol. The van der Waals surface area contributed by atoms with Gasteiger partial charge in [-0.1, -0.05) is 6.92 Å². The van der Waals surface area contributed by atoms with Crippen molar-refractivity contribution < 1.29 is 17.6 Å². The fourth-order valence-corrected chi connectivity index (χ4v) is 4.25. The van der Waals surface area contributed by atoms with E-state index in [9.17, 15) is 17.6 Å². The van der Waals surface area contributed by atoms with Crippen molar-refractivity contribution in [3.05, 3.63) is 29.6 Å². The minimum Gasteiger partial charge on any atom is -0.369 e. The summed E-state index contributed by atoms with van der Waals surface area (Å²) in [5, 5.41) is 2.76. The second-order valence-electron chi connectivity index (χ2n) is 7.18. The Balaban J connectivity index is 1.99. The molecule has 1 aliphatic heterocycles. The van der Waals surface area contributed by atoms with Crippen LogP contribution in [0.15, 0.2) is 23.2 Å². The van der Waals surface area contributed by atoms with E-state index in [4.69, 9.17) is 5.73 Å². The largest absolute Gasteiger partial charge is 0.369 e. The molecule has 1 heterocycles. The lowest BCUT2D eigenvalue weighted by atomic mass is 9.93. The van der Waals surface area contributed by atoms with Gasteiger partial charge in [-0.05, 0) is 38.0 Å². The number of nitrogens with zero attached hydrogens (tertiary/aromatic N) is 2. The first-order valence-corrected chi connectivity index (χ1v) is 9.51. The van der Waals surface area contributed by atoms with Gasteiger partial charge in [0.25, 0.3) is 0 Å². The highest BCUT2D eigenvalue weighted by Crippen LogP contribution is 2.46. The van der Waals surface area contributed by atoms with Crippen LogP contribution < -0.4 is 11.1 Å². The summed E-state index contributed by atoms with van der Waals surface area (Å²) in [6.07, 6.45) is 1.63. The van der Waals surface area contributed by atoms with Gasteiger partial charge >= 0.3 is 0 Å². The highest BCUT2D eigenvalue weighted by Gasteiger charge is 2.45. The standard InChI is InChI=1S/C16H21FN4O3S/c1-15(6-7-15)13(22)19-10-4-5-12(17)11(8-10)16(2)9-25(23,24)21(3)14(18)20-16/h4-5,8H,6-7,9H2,1-3H3,(H2,18,20)(H,19,22)/t16-/m0/s1. The molecule has 2 aliphatic rings. The van der Waals surface area contributed by atoms with E-state index in [1.54, 1.807) is 0 Å². The highest BCUT2D eigenvalue weighted by molar-refractivity contribution is 7.89. The number of aliphatic imine (C=N–C) groups is 1. The summed E-state index contributed by atoms with van der Waals surface area (Å²) in [5.41, 5.74) is 4.44. The van der Waals surface area contributed by atoms with Crippen LogP contribution >= 0.6 is 0 Å². The molecule has 0 bridgehead atoms. The molecule has 1 aromatic rings. The molecule has 1 saturated carbocycles. The number of anilines is 1. The van der Waals surface area contributed by atoms with Crippen LogP contribution in [0.25, 0.3) is 0 Å². The molecular weight excluding hydrogens is 347 g/mol. The van der Waals surface area contributed by atoms with E-state index < -0.39 is 27.1 Å². The molecule has 0 saturated heterocycles. The lowest BCUT2D eigenvalue weighted by Crippen LogP contribution is -2.50. The zero-order valence-electron chi connectivity index (χ0n) is 14.3. The summed E-state index contributed by atoms with van der Waals surface area (Å²) < 4.78 is 39.8. The van der Waals surface area contributed by atoms with Crippen molar-refractivity contribution in [3.8, 4) is 0 Å². The number of nitrogens with one attached hydrogen (secondary N) is 1. The number of carbonyl (C=O) groups excluding carboxylic acids is 1. The van der Waals surface area contributed by atoms with Crippen LogP contribution in [-0.2, 0) is 20.4 Å². The number of benzene rings is 1. The number of amides is 1. The Morgan fingerprint density at radius 2 is 2.00 bits per heavy atom. The van der Waals surface area contributed by atoms with Gasteiger partial charge < -0.3 is 11.1 Å². The number of carbonyl (C=O) groups is 1. The number of rotatable bonds is 3. The monoisotopic (exact) mass is 368 g/mol. The summed E-state index contributed by atoms with van der Waals surface area (Å²) in [7, 11) is -2.41. The first kappa shape index (κ1) is 17.7. The van der Waals surface area contributed by atoms with Gasteiger partial charge in [0.2, 0.25) is 21.9 Å². The van der Waals surface area contributed by atoms with E-state index in [2.05, 4.69) is 10.3 Å². The third-order valence-electron chi connectivity index (χ3n) is 4.92. The number of hydrogen-bond acceptors (Lipinski definition) is 5. The van der Waals surface area contributed by atoms with Crippen molar-refractivity contribution in [2.45, 2.75) is 32.2 Å². The molecule has 136 valence electrons. The second-order valence-corrected chi connectivity index (χ2v) is 9.18. The van der Waals surface area contributed by atoms with E-state index in [0.717, 1.165) is 17.1 Å². The molecule has 7 nitrogen and oxygen atoms in total. The molecule has 0 unspecified atom stereocenters. The number of hydrogen-bond donors (Lipinski definition) is 2. The Hall–Kier alpha value is -2.16. The van der Waals surface area contributed by atoms with Crippen LogP contribution in [0, 0.1) is 11.2 Å². The van der Waals surface area contributed by atoms with Crippen molar-refractivity contribution in [2.75, 3.05) is 18.1 Å². The van der Waals surface area contributed by atoms with E-state index in [1.165, 1.54) is 32.2 Å². The number of nitrogens with two attached hydrogens (primary N) is 1. The Morgan fingerprint density at radius 1 is 1.36 bits per heavy atom. The number of halogens is 1. The van der Waals surface area contributed by atoms with Gasteiger partial charge in [0.05, 0.1) is 5.75 Å². The van der Waals surface area contributed by atoms with Crippen molar-refractivity contribution in [3.63, 3.8) is 0 Å². The van der Waals surface area contributed by atoms with E-state index in [-0.39, 0.29) is 22.8 Å². The van der Waals surface area contributed by atoms with Gasteiger partial charge in [0.15, 0.2) is 0 Å². The van der Waals surface area contributed by atoms with Crippen molar-refractivity contribution >= 4 is 27.6 Å². The van der Waals surface area contributed by atoms with Gasteiger partial charge in [-0.15, -0.1) is 0 Å². The first-order chi connectivity index (χ1) is 11.5. The van der Waals surface area contributed by atoms with E-state index in [1.807, 2.05) is 6.92 Å². The quantitative estimate of drug-likeness (QED) is 0.840. The Kier molecular flexibility index (Phi) is 3.83. The topological polar surface area (TPSA) is 105 Å². The summed E-state index contributed by atoms with van der Waals surface area (Å²) in [4.78, 5) is 16.4. The first-order valence-electron chi connectivity index (χ1n) is 7.90. The zero-order valence-corrected chi connectivity index (χ0v) is 15.2. The van der Waals surface area contributed by atoms with E-state index >= 15 is 0 Å². The van der Waals surface area contributed by atoms with Crippen LogP contribution in [0.4, 0.5) is 10.1 Å². The maximum Gasteiger partial charge on any atom is 0.239 e. The normalized spacial score (nSPS) is 26.7. The molecule has 9 heteroatoms. The molecule has 0 aromatic heterocycles. The smallest absolute Gasteiger partial charge is 0.239 e. The zero-order chi connectivity index (χ0) is 18.6. The molecule has 25 heavy (non-hydrogen) atoms. The Bertz CT molecular complexity index is 879. The lowest BCUT2D eigenvalue weighted by Gasteiger charge is -2.34. The van der Waals surface area contributed by atoms with Crippen molar-refractivity contribution in [1.29, 1.82) is 0 Å². The fourth-order valence-electron chi connectivity index (χ4n) is 2.80. The summed E-state index contributed by atoms with van der Waals surface area (Å²) in [6, 6.07) is 4.07. The van der Waals surface area contributed by atoms with Crippen LogP contribution in [0.2, 0.25) is 0 Å². The third kappa shape index (κ3) is 3.08. The van der Waals surface area contributed by atoms with E-state index in [0.29, 0.717) is 5.69 Å². The van der Waals surface area contributed by atoms with Gasteiger partial charge in [-0.3, -0.25) is 4.79 Å². The lowest BCUT2D eigenvalue weighted by molar-refractivity contribution is -0.120. The highest BCUT2D eigenvalue weighted by atomic mass is 32.2. The van der Waals surface area contributed by atoms with Crippen LogP contribution in [0.5, 0.6) is 0 Å². The number of sulfonamides is 1. The molecule has 0 radical (unpaired) electrons. The predicted octanol–water partition coefficient (Wildman–Crippen LogP) is 1.37. The molecular formula is C16H21FN4O3S. The molecule has 1 aromatic carbocycles. The second kappa shape index (κ2) is 5.42. The van der Waals surface area contributed by atoms with Gasteiger partial charge in [-0.25, -0.2) is 22.1 Å². The fraction of sp³-hybridized carbons (Fsp3) is 0.500. The van der Waals surface area contributed by atoms with Crippen molar-refractivity contribution in [2.24, 2.45) is 16.1 Å². The maximum absolute atomic E-state index is 14.4. The number of guanidine groups is 1. The minimum atomic E-state index is -3.71. The molecule has 1 fully saturated rings. The molecule has 0 spiro atoms. The third-order valence-corrected chi connectivity index (χ3v) is 6.87. The predicted molar refractivity (Wildman–Crippen MR) is 92.9 cm³/mol. The van der Waals surface area contributed by atoms with Crippen LogP contribution in [-0.4, -0.2) is 37.4 Å². The molecule has 3 rings (SSSR count). The van der Waals surface area contributed by atoms with Crippen LogP contribution in [0.1, 0.15) is 32.3 Å². The SMILES string of the molecule is CN1C(N)=N[C@](C)(c2cc(NC(=O)C3(C)CC3)ccc2F)CS1(=O)=O. The summed E-state index contributed by atoms with van der Waals surface area (Å²) in [5.74, 6) is -1.35. The molecule has 1 amide bonds. The summed E-state index contributed by atoms with van der Waals surface area (Å²) >= 11 is 0. The molecule has 3 N–H and O–H groups in total. The molecule has 1 atom stereocenters. The Labute approximate surface area is 146 Å². The summed E-state index contributed by atoms with van der Waals surface area (Å²) in [6.45, 7) is 3.37. The minimum absolute atomic E-state index is 0.0749. The van der Waals surface area contributed by atoms with Gasteiger partial charge in [0, 0.05) is 23.7 Å². The Morgan fingerprint density at radius 3 is 2.56 bits per heavy atom. The molecule has 1 aliphatic carbocycles. The average Bonchev–Trinajstić information content (AvgIpc) is 3.25. The van der Waals surface area contributed by atoms with Crippen LogP contribution in [0.3, 0.4) is 0 Å². The van der Waals surface area contributed by atoms with Gasteiger partial charge in [0.1, 0.15) is 11.4 Å². The maximum atomic E-state index is 14.4. The van der Waals surface area contributed by atoms with Gasteiger partial charge in [-0.2, -0.15) is 0 Å². The van der Waals surface area contributed by atoms with Crippen molar-refractivity contribution in [1.82, 2.24) is 4.31 Å².